The predicted octanol–water partition coefficient (Wildman–Crippen LogP) is 5.95. The Bertz CT molecular complexity index is 991. The molecule has 0 aliphatic carbocycles. The van der Waals surface area contributed by atoms with Crippen LogP contribution in [-0.4, -0.2) is 35.1 Å². The molecule has 0 aliphatic heterocycles. The number of hydrogen-bond acceptors (Lipinski definition) is 4. The predicted molar refractivity (Wildman–Crippen MR) is 132 cm³/mol. The third kappa shape index (κ3) is 6.60. The molecule has 3 atom stereocenters. The van der Waals surface area contributed by atoms with E-state index in [9.17, 15) is 32.8 Å². The minimum absolute atomic E-state index is 0.158. The lowest BCUT2D eigenvalue weighted by atomic mass is 9.49. The lowest BCUT2D eigenvalue weighted by Crippen LogP contribution is -2.53. The van der Waals surface area contributed by atoms with Crippen LogP contribution in [0.15, 0.2) is 29.2 Å². The highest BCUT2D eigenvalue weighted by Gasteiger charge is 2.57. The van der Waals surface area contributed by atoms with Gasteiger partial charge in [-0.05, 0) is 51.7 Å². The lowest BCUT2D eigenvalue weighted by Gasteiger charge is -2.53. The summed E-state index contributed by atoms with van der Waals surface area (Å²) in [4.78, 5) is 24.7. The molecule has 1 rings (SSSR count). The van der Waals surface area contributed by atoms with Gasteiger partial charge in [0, 0.05) is 0 Å². The van der Waals surface area contributed by atoms with E-state index in [2.05, 4.69) is 20.8 Å². The molecular formula is C26H42O7S. The first kappa shape index (κ1) is 30.1. The van der Waals surface area contributed by atoms with E-state index in [0.717, 1.165) is 5.56 Å². The van der Waals surface area contributed by atoms with Gasteiger partial charge in [-0.1, -0.05) is 81.4 Å². The van der Waals surface area contributed by atoms with E-state index < -0.39 is 50.1 Å². The molecular weight excluding hydrogens is 456 g/mol. The fraction of sp³-hybridized carbons (Fsp3) is 0.692. The van der Waals surface area contributed by atoms with Crippen molar-refractivity contribution < 1.29 is 32.8 Å². The van der Waals surface area contributed by atoms with Crippen molar-refractivity contribution in [2.45, 2.75) is 86.5 Å². The Kier molecular flexibility index (Phi) is 8.51. The first-order valence-electron chi connectivity index (χ1n) is 11.5. The second-order valence-electron chi connectivity index (χ2n) is 12.8. The summed E-state index contributed by atoms with van der Waals surface area (Å²) in [5, 5.41) is 20.4. The molecule has 3 unspecified atom stereocenters. The van der Waals surface area contributed by atoms with E-state index in [4.69, 9.17) is 0 Å². The van der Waals surface area contributed by atoms with Crippen LogP contribution in [0.5, 0.6) is 0 Å². The molecule has 194 valence electrons. The van der Waals surface area contributed by atoms with Gasteiger partial charge in [0.25, 0.3) is 10.1 Å². The standard InChI is InChI=1S/C26H42O7S/c1-23(2,3)15-18(16-11-13-17(14-12-16)34(31,32)33)25(7,8)26(9,10)20(22(29)30)19(21(27)28)24(4,5)6/h11-14,18-20H,15H2,1-10H3,(H,27,28)(H,29,30)(H,31,32,33). The van der Waals surface area contributed by atoms with E-state index >= 15 is 0 Å². The molecule has 8 heteroatoms. The summed E-state index contributed by atoms with van der Waals surface area (Å²) in [5.41, 5.74) is -1.85. The van der Waals surface area contributed by atoms with Crippen LogP contribution in [0.2, 0.25) is 0 Å². The molecule has 0 saturated heterocycles. The normalized spacial score (nSPS) is 16.6. The zero-order valence-corrected chi connectivity index (χ0v) is 22.9. The smallest absolute Gasteiger partial charge is 0.307 e. The maximum absolute atomic E-state index is 12.6. The van der Waals surface area contributed by atoms with E-state index in [1.807, 2.05) is 27.7 Å². The van der Waals surface area contributed by atoms with Crippen LogP contribution < -0.4 is 0 Å². The highest BCUT2D eigenvalue weighted by Crippen LogP contribution is 2.58. The number of carboxylic acids is 2. The molecule has 0 bridgehead atoms. The Labute approximate surface area is 204 Å². The topological polar surface area (TPSA) is 129 Å². The van der Waals surface area contributed by atoms with Crippen molar-refractivity contribution >= 4 is 22.1 Å². The minimum Gasteiger partial charge on any atom is -0.481 e. The summed E-state index contributed by atoms with van der Waals surface area (Å²) in [6.07, 6.45) is 0.647. The number of rotatable bonds is 9. The van der Waals surface area contributed by atoms with Gasteiger partial charge in [0.2, 0.25) is 0 Å². The van der Waals surface area contributed by atoms with Crippen LogP contribution in [0.25, 0.3) is 0 Å². The van der Waals surface area contributed by atoms with Crippen LogP contribution in [0, 0.1) is 33.5 Å². The second-order valence-corrected chi connectivity index (χ2v) is 14.2. The lowest BCUT2D eigenvalue weighted by molar-refractivity contribution is -0.170. The maximum atomic E-state index is 12.6. The number of carboxylic acid groups (broad SMARTS) is 2. The van der Waals surface area contributed by atoms with Crippen molar-refractivity contribution in [3.63, 3.8) is 0 Å². The van der Waals surface area contributed by atoms with Crippen molar-refractivity contribution in [1.29, 1.82) is 0 Å². The minimum atomic E-state index is -4.35. The van der Waals surface area contributed by atoms with Gasteiger partial charge in [-0.25, -0.2) is 0 Å². The molecule has 34 heavy (non-hydrogen) atoms. The van der Waals surface area contributed by atoms with Crippen LogP contribution >= 0.6 is 0 Å². The van der Waals surface area contributed by atoms with Gasteiger partial charge in [0.1, 0.15) is 0 Å². The van der Waals surface area contributed by atoms with Crippen molar-refractivity contribution in [3.8, 4) is 0 Å². The van der Waals surface area contributed by atoms with Gasteiger partial charge in [-0.15, -0.1) is 0 Å². The fourth-order valence-corrected chi connectivity index (χ4v) is 5.48. The highest BCUT2D eigenvalue weighted by molar-refractivity contribution is 7.85. The molecule has 1 aromatic carbocycles. The molecule has 0 spiro atoms. The fourth-order valence-electron chi connectivity index (χ4n) is 5.00. The summed E-state index contributed by atoms with van der Waals surface area (Å²) in [7, 11) is -4.35. The molecule has 7 nitrogen and oxygen atoms in total. The average Bonchev–Trinajstić information content (AvgIpc) is 2.60. The van der Waals surface area contributed by atoms with Crippen LogP contribution in [0.4, 0.5) is 0 Å². The third-order valence-corrected chi connectivity index (χ3v) is 8.37. The van der Waals surface area contributed by atoms with Crippen molar-refractivity contribution in [3.05, 3.63) is 29.8 Å². The van der Waals surface area contributed by atoms with Crippen molar-refractivity contribution in [2.24, 2.45) is 33.5 Å². The average molecular weight is 499 g/mol. The molecule has 0 radical (unpaired) electrons. The number of aliphatic carboxylic acids is 2. The summed E-state index contributed by atoms with van der Waals surface area (Å²) >= 11 is 0. The third-order valence-electron chi connectivity index (χ3n) is 7.50. The first-order chi connectivity index (χ1) is 14.9. The van der Waals surface area contributed by atoms with Crippen molar-refractivity contribution in [2.75, 3.05) is 0 Å². The largest absolute Gasteiger partial charge is 0.481 e. The van der Waals surface area contributed by atoms with Gasteiger partial charge in [-0.2, -0.15) is 8.42 Å². The van der Waals surface area contributed by atoms with Crippen LogP contribution in [0.3, 0.4) is 0 Å². The zero-order chi connectivity index (χ0) is 27.1. The molecule has 0 fully saturated rings. The number of benzene rings is 1. The van der Waals surface area contributed by atoms with E-state index in [1.165, 1.54) is 12.1 Å². The number of hydrogen-bond donors (Lipinski definition) is 3. The van der Waals surface area contributed by atoms with Gasteiger partial charge < -0.3 is 10.2 Å². The van der Waals surface area contributed by atoms with Gasteiger partial charge in [-0.3, -0.25) is 14.1 Å². The monoisotopic (exact) mass is 498 g/mol. The Hall–Kier alpha value is -1.93. The van der Waals surface area contributed by atoms with E-state index in [0.29, 0.717) is 6.42 Å². The molecule has 0 heterocycles. The number of carbonyl (C=O) groups is 2. The van der Waals surface area contributed by atoms with Crippen molar-refractivity contribution in [1.82, 2.24) is 0 Å². The molecule has 0 aromatic heterocycles. The Morgan fingerprint density at radius 3 is 1.47 bits per heavy atom. The zero-order valence-electron chi connectivity index (χ0n) is 22.1. The first-order valence-corrected chi connectivity index (χ1v) is 12.9. The summed E-state index contributed by atoms with van der Waals surface area (Å²) in [5.74, 6) is -4.84. The quantitative estimate of drug-likeness (QED) is 0.359. The molecule has 1 aromatic rings. The van der Waals surface area contributed by atoms with E-state index in [1.54, 1.807) is 32.9 Å². The second kappa shape index (κ2) is 9.61. The molecule has 0 saturated carbocycles. The van der Waals surface area contributed by atoms with Gasteiger partial charge in [0.05, 0.1) is 16.7 Å². The Balaban J connectivity index is 3.78. The van der Waals surface area contributed by atoms with Gasteiger partial charge >= 0.3 is 11.9 Å². The summed E-state index contributed by atoms with van der Waals surface area (Å²) < 4.78 is 32.4. The molecule has 0 amide bonds. The summed E-state index contributed by atoms with van der Waals surface area (Å²) in [6, 6.07) is 5.97. The highest BCUT2D eigenvalue weighted by atomic mass is 32.2. The molecule has 3 N–H and O–H groups in total. The Morgan fingerprint density at radius 2 is 1.18 bits per heavy atom. The Morgan fingerprint density at radius 1 is 0.765 bits per heavy atom. The van der Waals surface area contributed by atoms with Crippen LogP contribution in [0.1, 0.15) is 87.1 Å². The van der Waals surface area contributed by atoms with Gasteiger partial charge in [0.15, 0.2) is 0 Å². The SMILES string of the molecule is CC(C)(C)CC(c1ccc(S(=O)(=O)O)cc1)C(C)(C)C(C)(C)C(C(=O)O)C(C(=O)O)C(C)(C)C. The van der Waals surface area contributed by atoms with Crippen LogP contribution in [-0.2, 0) is 19.7 Å². The summed E-state index contributed by atoms with van der Waals surface area (Å²) in [6.45, 7) is 19.0. The maximum Gasteiger partial charge on any atom is 0.307 e. The molecule has 0 aliphatic rings. The van der Waals surface area contributed by atoms with E-state index in [-0.39, 0.29) is 16.2 Å².